The number of nitrogens with two attached hydrogens (primary N) is 1. The lowest BCUT2D eigenvalue weighted by Gasteiger charge is -2.15. The molecule has 1 aliphatic carbocycles. The lowest BCUT2D eigenvalue weighted by molar-refractivity contribution is -0.117. The molecule has 6 heteroatoms. The molecule has 1 saturated carbocycles. The summed E-state index contributed by atoms with van der Waals surface area (Å²) in [6.07, 6.45) is 3.33. The summed E-state index contributed by atoms with van der Waals surface area (Å²) in [7, 11) is 0. The maximum absolute atomic E-state index is 13.9. The zero-order chi connectivity index (χ0) is 15.4. The maximum atomic E-state index is 13.9. The van der Waals surface area contributed by atoms with Gasteiger partial charge in [-0.3, -0.25) is 4.79 Å². The highest BCUT2D eigenvalue weighted by Gasteiger charge is 2.26. The summed E-state index contributed by atoms with van der Waals surface area (Å²) in [6, 6.07) is 4.55. The molecule has 1 aromatic rings. The van der Waals surface area contributed by atoms with E-state index in [2.05, 4.69) is 5.32 Å². The molecule has 0 unspecified atom stereocenters. The van der Waals surface area contributed by atoms with Crippen molar-refractivity contribution < 1.29 is 13.9 Å². The molecular weight excluding hydrogens is 307 g/mol. The summed E-state index contributed by atoms with van der Waals surface area (Å²) in [6.45, 7) is 3.75. The van der Waals surface area contributed by atoms with Crippen molar-refractivity contribution in [1.29, 1.82) is 0 Å². The first kappa shape index (κ1) is 18.7. The fourth-order valence-corrected chi connectivity index (χ4v) is 2.70. The zero-order valence-corrected chi connectivity index (χ0v) is 13.8. The molecule has 2 atom stereocenters. The first-order valence-corrected chi connectivity index (χ1v) is 7.47. The first-order chi connectivity index (χ1) is 9.95. The molecule has 22 heavy (non-hydrogen) atoms. The third-order valence-corrected chi connectivity index (χ3v) is 3.75. The Kier molecular flexibility index (Phi) is 7.10. The molecule has 3 N–H and O–H groups in total. The van der Waals surface area contributed by atoms with Gasteiger partial charge in [-0.15, -0.1) is 12.4 Å². The quantitative estimate of drug-likeness (QED) is 0.868. The summed E-state index contributed by atoms with van der Waals surface area (Å²) in [5, 5.41) is 2.61. The van der Waals surface area contributed by atoms with Gasteiger partial charge in [0.2, 0.25) is 5.91 Å². The predicted octanol–water partition coefficient (Wildman–Crippen LogP) is 3.49. The first-order valence-electron chi connectivity index (χ1n) is 7.47. The average molecular weight is 331 g/mol. The van der Waals surface area contributed by atoms with Crippen LogP contribution in [0.2, 0.25) is 0 Å². The molecule has 2 rings (SSSR count). The van der Waals surface area contributed by atoms with Crippen LogP contribution in [0.5, 0.6) is 5.75 Å². The maximum Gasteiger partial charge on any atom is 0.224 e. The fourth-order valence-electron chi connectivity index (χ4n) is 2.70. The minimum absolute atomic E-state index is 0. The molecule has 0 heterocycles. The van der Waals surface area contributed by atoms with E-state index in [4.69, 9.17) is 10.5 Å². The molecule has 124 valence electrons. The predicted molar refractivity (Wildman–Crippen MR) is 88.0 cm³/mol. The molecule has 0 saturated heterocycles. The van der Waals surface area contributed by atoms with E-state index in [1.54, 1.807) is 6.07 Å². The van der Waals surface area contributed by atoms with Crippen LogP contribution in [0.25, 0.3) is 0 Å². The van der Waals surface area contributed by atoms with Crippen LogP contribution >= 0.6 is 12.4 Å². The lowest BCUT2D eigenvalue weighted by atomic mass is 10.00. The second-order valence-corrected chi connectivity index (χ2v) is 5.92. The van der Waals surface area contributed by atoms with Gasteiger partial charge in [0.15, 0.2) is 0 Å². The number of hydrogen-bond acceptors (Lipinski definition) is 3. The van der Waals surface area contributed by atoms with Crippen molar-refractivity contribution in [3.05, 3.63) is 24.0 Å². The molecule has 0 radical (unpaired) electrons. The molecule has 0 aliphatic heterocycles. The Morgan fingerprint density at radius 2 is 2.18 bits per heavy atom. The smallest absolute Gasteiger partial charge is 0.224 e. The Hall–Kier alpha value is -1.33. The summed E-state index contributed by atoms with van der Waals surface area (Å²) in [4.78, 5) is 12.0. The van der Waals surface area contributed by atoms with Crippen LogP contribution in [0.3, 0.4) is 0 Å². The van der Waals surface area contributed by atoms with E-state index < -0.39 is 5.82 Å². The van der Waals surface area contributed by atoms with Gasteiger partial charge < -0.3 is 15.8 Å². The van der Waals surface area contributed by atoms with E-state index in [-0.39, 0.29) is 42.1 Å². The number of anilines is 1. The molecule has 4 nitrogen and oxygen atoms in total. The van der Waals surface area contributed by atoms with Crippen molar-refractivity contribution in [1.82, 2.24) is 0 Å². The largest absolute Gasteiger partial charge is 0.491 e. The molecule has 0 aromatic heterocycles. The molecular formula is C16H24ClFN2O2. The molecule has 0 spiro atoms. The molecule has 1 aliphatic rings. The van der Waals surface area contributed by atoms with E-state index in [0.29, 0.717) is 12.2 Å². The highest BCUT2D eigenvalue weighted by molar-refractivity contribution is 5.91. The van der Waals surface area contributed by atoms with E-state index in [9.17, 15) is 9.18 Å². The number of carbonyl (C=O) groups excluding carboxylic acids is 1. The minimum atomic E-state index is -0.489. The van der Waals surface area contributed by atoms with Crippen LogP contribution < -0.4 is 15.8 Å². The Balaban J connectivity index is 0.00000242. The number of rotatable bonds is 5. The Morgan fingerprint density at radius 3 is 2.73 bits per heavy atom. The van der Waals surface area contributed by atoms with Crippen LogP contribution in [-0.2, 0) is 4.79 Å². The topological polar surface area (TPSA) is 64.3 Å². The van der Waals surface area contributed by atoms with Gasteiger partial charge in [0.25, 0.3) is 0 Å². The third-order valence-electron chi connectivity index (χ3n) is 3.75. The summed E-state index contributed by atoms with van der Waals surface area (Å²) < 4.78 is 19.3. The van der Waals surface area contributed by atoms with Crippen molar-refractivity contribution in [2.75, 3.05) is 5.32 Å². The van der Waals surface area contributed by atoms with Gasteiger partial charge in [-0.05, 0) is 44.7 Å². The van der Waals surface area contributed by atoms with Gasteiger partial charge >= 0.3 is 0 Å². The summed E-state index contributed by atoms with van der Waals surface area (Å²) in [5.74, 6) is -0.0130. The Morgan fingerprint density at radius 1 is 1.45 bits per heavy atom. The lowest BCUT2D eigenvalue weighted by Crippen LogP contribution is -2.28. The van der Waals surface area contributed by atoms with Crippen molar-refractivity contribution in [2.24, 2.45) is 11.7 Å². The van der Waals surface area contributed by atoms with Gasteiger partial charge in [0, 0.05) is 18.5 Å². The normalized spacial score (nSPS) is 20.6. The summed E-state index contributed by atoms with van der Waals surface area (Å²) >= 11 is 0. The van der Waals surface area contributed by atoms with E-state index in [1.807, 2.05) is 13.8 Å². The molecule has 1 amide bonds. The van der Waals surface area contributed by atoms with E-state index in [0.717, 1.165) is 19.3 Å². The average Bonchev–Trinajstić information content (AvgIpc) is 2.78. The minimum Gasteiger partial charge on any atom is -0.491 e. The fraction of sp³-hybridized carbons (Fsp3) is 0.562. The molecule has 1 fully saturated rings. The van der Waals surface area contributed by atoms with Crippen molar-refractivity contribution >= 4 is 24.0 Å². The number of hydrogen-bond donors (Lipinski definition) is 2. The zero-order valence-electron chi connectivity index (χ0n) is 13.0. The van der Waals surface area contributed by atoms with Crippen molar-refractivity contribution in [3.63, 3.8) is 0 Å². The van der Waals surface area contributed by atoms with Crippen molar-refractivity contribution in [3.8, 4) is 5.75 Å². The Bertz CT molecular complexity index is 511. The number of amides is 1. The second-order valence-electron chi connectivity index (χ2n) is 5.92. The number of ether oxygens (including phenoxy) is 1. The molecule has 0 bridgehead atoms. The molecule has 1 aromatic carbocycles. The second kappa shape index (κ2) is 8.34. The van der Waals surface area contributed by atoms with Crippen LogP contribution in [-0.4, -0.2) is 18.1 Å². The summed E-state index contributed by atoms with van der Waals surface area (Å²) in [5.41, 5.74) is 6.13. The van der Waals surface area contributed by atoms with Gasteiger partial charge in [0.1, 0.15) is 11.6 Å². The van der Waals surface area contributed by atoms with Crippen molar-refractivity contribution in [2.45, 2.75) is 51.7 Å². The number of nitrogens with one attached hydrogen (secondary N) is 1. The monoisotopic (exact) mass is 330 g/mol. The van der Waals surface area contributed by atoms with Gasteiger partial charge in [-0.1, -0.05) is 6.42 Å². The van der Waals surface area contributed by atoms with Gasteiger partial charge in [-0.25, -0.2) is 4.39 Å². The van der Waals surface area contributed by atoms with Crippen LogP contribution in [0.15, 0.2) is 18.2 Å². The van der Waals surface area contributed by atoms with Crippen LogP contribution in [0, 0.1) is 11.7 Å². The highest BCUT2D eigenvalue weighted by atomic mass is 35.5. The standard InChI is InChI=1S/C16H23FN2O2.ClH/c1-10(2)21-12-6-7-15(13(17)9-12)19-16(20)8-11-4-3-5-14(11)18;/h6-7,9-11,14H,3-5,8,18H2,1-2H3,(H,19,20);1H/t11-,14+;/m0./s1. The number of halogens is 2. The number of carbonyl (C=O) groups is 1. The Labute approximate surface area is 137 Å². The number of benzene rings is 1. The van der Waals surface area contributed by atoms with Gasteiger partial charge in [-0.2, -0.15) is 0 Å². The van der Waals surface area contributed by atoms with Crippen LogP contribution in [0.4, 0.5) is 10.1 Å². The third kappa shape index (κ3) is 5.14. The van der Waals surface area contributed by atoms with Gasteiger partial charge in [0.05, 0.1) is 11.8 Å². The highest BCUT2D eigenvalue weighted by Crippen LogP contribution is 2.28. The van der Waals surface area contributed by atoms with E-state index >= 15 is 0 Å². The van der Waals surface area contributed by atoms with Crippen LogP contribution in [0.1, 0.15) is 39.5 Å². The SMILES string of the molecule is CC(C)Oc1ccc(NC(=O)C[C@@H]2CCC[C@H]2N)c(F)c1.Cl. The van der Waals surface area contributed by atoms with E-state index in [1.165, 1.54) is 12.1 Å².